The predicted molar refractivity (Wildman–Crippen MR) is 51.3 cm³/mol. The molecule has 0 fully saturated rings. The topological polar surface area (TPSA) is 41.1 Å². The molecular weight excluding hydrogens is 152 g/mol. The summed E-state index contributed by atoms with van der Waals surface area (Å²) in [7, 11) is 1.82. The van der Waals surface area contributed by atoms with Gasteiger partial charge >= 0.3 is 0 Å². The highest BCUT2D eigenvalue weighted by Crippen LogP contribution is 1.97. The monoisotopic (exact) mass is 172 g/mol. The number of nitrogens with one attached hydrogen (secondary N) is 2. The Morgan fingerprint density at radius 3 is 2.67 bits per heavy atom. The van der Waals surface area contributed by atoms with Crippen molar-refractivity contribution in [3.63, 3.8) is 0 Å². The summed E-state index contributed by atoms with van der Waals surface area (Å²) >= 11 is 0. The highest BCUT2D eigenvalue weighted by Gasteiger charge is 2.01. The average molecular weight is 172 g/mol. The van der Waals surface area contributed by atoms with Crippen molar-refractivity contribution in [2.24, 2.45) is 0 Å². The van der Waals surface area contributed by atoms with Crippen LogP contribution in [0.1, 0.15) is 26.2 Å². The van der Waals surface area contributed by atoms with Gasteiger partial charge < -0.3 is 15.4 Å². The maximum Gasteiger partial charge on any atom is 0.136 e. The molecule has 0 aliphatic heterocycles. The zero-order chi connectivity index (χ0) is 9.23. The van der Waals surface area contributed by atoms with Crippen LogP contribution in [0.4, 0.5) is 0 Å². The van der Waals surface area contributed by atoms with E-state index in [0.29, 0.717) is 0 Å². The van der Waals surface area contributed by atoms with Gasteiger partial charge in [0.25, 0.3) is 0 Å². The van der Waals surface area contributed by atoms with Gasteiger partial charge in [0, 0.05) is 0 Å². The molecule has 12 heavy (non-hydrogen) atoms. The Balaban J connectivity index is 3.12. The van der Waals surface area contributed by atoms with Gasteiger partial charge in [0.15, 0.2) is 0 Å². The van der Waals surface area contributed by atoms with Crippen molar-refractivity contribution in [3.05, 3.63) is 0 Å². The summed E-state index contributed by atoms with van der Waals surface area (Å²) in [6.45, 7) is 4.19. The molecule has 0 unspecified atom stereocenters. The molecule has 3 nitrogen and oxygen atoms in total. The zero-order valence-electron chi connectivity index (χ0n) is 8.10. The molecule has 3 heteroatoms. The van der Waals surface area contributed by atoms with E-state index in [1.54, 1.807) is 0 Å². The molecule has 0 aliphatic rings. The quantitative estimate of drug-likeness (QED) is 0.415. The van der Waals surface area contributed by atoms with Gasteiger partial charge in [-0.15, -0.1) is 0 Å². The first-order valence-electron chi connectivity index (χ1n) is 4.68. The summed E-state index contributed by atoms with van der Waals surface area (Å²) in [5, 5.41) is 6.20. The molecule has 0 heterocycles. The normalized spacial score (nSPS) is 12.8. The Hall–Kier alpha value is -0.410. The summed E-state index contributed by atoms with van der Waals surface area (Å²) in [4.78, 5) is 10.4. The van der Waals surface area contributed by atoms with Gasteiger partial charge in [-0.1, -0.05) is 13.3 Å². The molecule has 0 saturated carbocycles. The van der Waals surface area contributed by atoms with Crippen molar-refractivity contribution in [3.8, 4) is 0 Å². The maximum atomic E-state index is 10.4. The minimum atomic E-state index is 0.0478. The first kappa shape index (κ1) is 11.6. The number of rotatable bonds is 8. The standard InChI is InChI=1S/C9H20N2O/c1-3-11-7-5-4-6-9(8-12)10-2/h8-11H,3-7H2,1-2H3/t9-/m0/s1. The molecule has 2 N–H and O–H groups in total. The maximum absolute atomic E-state index is 10.4. The number of aldehydes is 1. The van der Waals surface area contributed by atoms with Crippen LogP contribution in [0, 0.1) is 0 Å². The number of unbranched alkanes of at least 4 members (excludes halogenated alkanes) is 1. The summed E-state index contributed by atoms with van der Waals surface area (Å²) in [5.74, 6) is 0. The Labute approximate surface area is 74.9 Å². The summed E-state index contributed by atoms with van der Waals surface area (Å²) < 4.78 is 0. The molecule has 0 spiro atoms. The van der Waals surface area contributed by atoms with Crippen LogP contribution >= 0.6 is 0 Å². The molecule has 0 aromatic carbocycles. The smallest absolute Gasteiger partial charge is 0.136 e. The minimum Gasteiger partial charge on any atom is -0.317 e. The van der Waals surface area contributed by atoms with Gasteiger partial charge in [-0.05, 0) is 33.0 Å². The molecule has 0 rings (SSSR count). The van der Waals surface area contributed by atoms with E-state index in [-0.39, 0.29) is 6.04 Å². The van der Waals surface area contributed by atoms with Crippen molar-refractivity contribution in [2.45, 2.75) is 32.2 Å². The van der Waals surface area contributed by atoms with Gasteiger partial charge in [-0.25, -0.2) is 0 Å². The molecule has 0 saturated heterocycles. The van der Waals surface area contributed by atoms with E-state index in [0.717, 1.165) is 38.6 Å². The van der Waals surface area contributed by atoms with Gasteiger partial charge in [-0.3, -0.25) is 0 Å². The van der Waals surface area contributed by atoms with Crippen LogP contribution in [0.3, 0.4) is 0 Å². The second-order valence-electron chi connectivity index (χ2n) is 2.88. The highest BCUT2D eigenvalue weighted by molar-refractivity contribution is 5.57. The van der Waals surface area contributed by atoms with Crippen LogP contribution in [0.5, 0.6) is 0 Å². The minimum absolute atomic E-state index is 0.0478. The van der Waals surface area contributed by atoms with Crippen molar-refractivity contribution >= 4 is 6.29 Å². The highest BCUT2D eigenvalue weighted by atomic mass is 16.1. The average Bonchev–Trinajstić information content (AvgIpc) is 2.11. The lowest BCUT2D eigenvalue weighted by Crippen LogP contribution is -2.26. The molecule has 0 aromatic heterocycles. The fourth-order valence-electron chi connectivity index (χ4n) is 1.07. The fraction of sp³-hybridized carbons (Fsp3) is 0.889. The van der Waals surface area contributed by atoms with Crippen LogP contribution in [-0.4, -0.2) is 32.5 Å². The van der Waals surface area contributed by atoms with E-state index in [1.165, 1.54) is 0 Å². The van der Waals surface area contributed by atoms with Crippen molar-refractivity contribution in [1.82, 2.24) is 10.6 Å². The second kappa shape index (κ2) is 8.68. The van der Waals surface area contributed by atoms with E-state index in [9.17, 15) is 4.79 Å². The van der Waals surface area contributed by atoms with Gasteiger partial charge in [-0.2, -0.15) is 0 Å². The molecule has 0 aliphatic carbocycles. The zero-order valence-corrected chi connectivity index (χ0v) is 8.10. The first-order chi connectivity index (χ1) is 5.85. The van der Waals surface area contributed by atoms with Crippen LogP contribution in [-0.2, 0) is 4.79 Å². The molecule has 1 atom stereocenters. The molecule has 72 valence electrons. The number of carbonyl (C=O) groups excluding carboxylic acids is 1. The summed E-state index contributed by atoms with van der Waals surface area (Å²) in [5.41, 5.74) is 0. The third kappa shape index (κ3) is 6.31. The number of hydrogen-bond acceptors (Lipinski definition) is 3. The number of hydrogen-bond donors (Lipinski definition) is 2. The lowest BCUT2D eigenvalue weighted by molar-refractivity contribution is -0.109. The van der Waals surface area contributed by atoms with Crippen molar-refractivity contribution in [1.29, 1.82) is 0 Å². The fourth-order valence-corrected chi connectivity index (χ4v) is 1.07. The summed E-state index contributed by atoms with van der Waals surface area (Å²) in [6, 6.07) is 0.0478. The van der Waals surface area contributed by atoms with Crippen LogP contribution in [0.25, 0.3) is 0 Å². The molecular formula is C9H20N2O. The Morgan fingerprint density at radius 2 is 2.17 bits per heavy atom. The molecule has 0 radical (unpaired) electrons. The number of likely N-dealkylation sites (N-methyl/N-ethyl adjacent to an activating group) is 1. The molecule has 0 bridgehead atoms. The van der Waals surface area contributed by atoms with Gasteiger partial charge in [0.2, 0.25) is 0 Å². The Kier molecular flexibility index (Phi) is 8.39. The molecule has 0 aromatic rings. The third-order valence-electron chi connectivity index (χ3n) is 1.90. The largest absolute Gasteiger partial charge is 0.317 e. The van der Waals surface area contributed by atoms with Crippen molar-refractivity contribution in [2.75, 3.05) is 20.1 Å². The van der Waals surface area contributed by atoms with Crippen molar-refractivity contribution < 1.29 is 4.79 Å². The lowest BCUT2D eigenvalue weighted by Gasteiger charge is -2.07. The Morgan fingerprint density at radius 1 is 1.42 bits per heavy atom. The second-order valence-corrected chi connectivity index (χ2v) is 2.88. The summed E-state index contributed by atoms with van der Waals surface area (Å²) in [6.07, 6.45) is 4.19. The van der Waals surface area contributed by atoms with Crippen LogP contribution in [0.2, 0.25) is 0 Å². The van der Waals surface area contributed by atoms with E-state index < -0.39 is 0 Å². The van der Waals surface area contributed by atoms with Crippen LogP contribution < -0.4 is 10.6 Å². The predicted octanol–water partition coefficient (Wildman–Crippen LogP) is 0.553. The number of carbonyl (C=O) groups is 1. The molecule has 0 amide bonds. The van der Waals surface area contributed by atoms with E-state index in [4.69, 9.17) is 0 Å². The van der Waals surface area contributed by atoms with E-state index in [2.05, 4.69) is 17.6 Å². The van der Waals surface area contributed by atoms with E-state index >= 15 is 0 Å². The first-order valence-corrected chi connectivity index (χ1v) is 4.68. The Bertz CT molecular complexity index is 107. The lowest BCUT2D eigenvalue weighted by atomic mass is 10.1. The van der Waals surface area contributed by atoms with Gasteiger partial charge in [0.1, 0.15) is 6.29 Å². The van der Waals surface area contributed by atoms with Gasteiger partial charge in [0.05, 0.1) is 6.04 Å². The van der Waals surface area contributed by atoms with Crippen LogP contribution in [0.15, 0.2) is 0 Å². The third-order valence-corrected chi connectivity index (χ3v) is 1.90. The van der Waals surface area contributed by atoms with E-state index in [1.807, 2.05) is 7.05 Å². The SMILES string of the molecule is CCNCCCC[C@@H](C=O)NC.